The third kappa shape index (κ3) is 3.03. The van der Waals surface area contributed by atoms with E-state index in [2.05, 4.69) is 15.7 Å². The van der Waals surface area contributed by atoms with Crippen LogP contribution >= 0.6 is 0 Å². The van der Waals surface area contributed by atoms with E-state index in [0.29, 0.717) is 0 Å². The van der Waals surface area contributed by atoms with Crippen LogP contribution in [0.3, 0.4) is 0 Å². The summed E-state index contributed by atoms with van der Waals surface area (Å²) in [7, 11) is 0.0597. The molecule has 0 spiro atoms. The van der Waals surface area contributed by atoms with E-state index in [1.807, 2.05) is 0 Å². The Labute approximate surface area is 60.8 Å². The molecule has 0 N–H and O–H groups in total. The topological polar surface area (TPSA) is 52.6 Å². The van der Waals surface area contributed by atoms with Gasteiger partial charge in [-0.1, -0.05) is 5.70 Å². The van der Waals surface area contributed by atoms with Crippen molar-refractivity contribution in [3.63, 3.8) is 0 Å². The van der Waals surface area contributed by atoms with E-state index in [9.17, 15) is 9.59 Å². The first-order chi connectivity index (χ1) is 4.72. The van der Waals surface area contributed by atoms with Crippen LogP contribution in [0.5, 0.6) is 0 Å². The zero-order chi connectivity index (χ0) is 7.98. The average molecular weight is 160 g/mol. The van der Waals surface area contributed by atoms with Crippen molar-refractivity contribution in [2.24, 2.45) is 0 Å². The summed E-state index contributed by atoms with van der Waals surface area (Å²) < 4.78 is 8.53. The van der Waals surface area contributed by atoms with Crippen molar-refractivity contribution in [3.05, 3.63) is 12.3 Å². The van der Waals surface area contributed by atoms with Gasteiger partial charge in [0.05, 0.1) is 7.11 Å². The highest BCUT2D eigenvalue weighted by Crippen LogP contribution is 1.79. The number of rotatable bonds is 2. The molecule has 0 atom stereocenters. The molecular weight excluding hydrogens is 152 g/mol. The molecule has 0 saturated carbocycles. The summed E-state index contributed by atoms with van der Waals surface area (Å²) in [5.41, 5.74) is 1.50. The van der Waals surface area contributed by atoms with E-state index in [-0.39, 0.29) is 0 Å². The molecule has 10 heavy (non-hydrogen) atoms. The molecule has 4 nitrogen and oxygen atoms in total. The van der Waals surface area contributed by atoms with Gasteiger partial charge in [0.2, 0.25) is 9.76 Å². The number of hydrogen-bond acceptors (Lipinski definition) is 4. The Morgan fingerprint density at radius 2 is 2.10 bits per heavy atom. The lowest BCUT2D eigenvalue weighted by atomic mass is 10.7. The Morgan fingerprint density at radius 3 is 2.50 bits per heavy atom. The van der Waals surface area contributed by atoms with Gasteiger partial charge >= 0.3 is 11.9 Å². The predicted molar refractivity (Wildman–Crippen MR) is 36.8 cm³/mol. The number of hydrogen-bond donors (Lipinski definition) is 0. The lowest BCUT2D eigenvalue weighted by molar-refractivity contribution is -0.160. The van der Waals surface area contributed by atoms with E-state index in [0.717, 1.165) is 7.11 Å². The van der Waals surface area contributed by atoms with Crippen LogP contribution in [-0.2, 0) is 18.8 Å². The molecule has 0 radical (unpaired) electrons. The molecule has 0 amide bonds. The molecule has 0 rings (SSSR count). The average Bonchev–Trinajstić information content (AvgIpc) is 1.98. The smallest absolute Gasteiger partial charge is 0.415 e. The van der Waals surface area contributed by atoms with Crippen LogP contribution in [0.2, 0.25) is 0 Å². The van der Waals surface area contributed by atoms with Crippen molar-refractivity contribution < 1.29 is 18.8 Å². The molecule has 0 heterocycles. The maximum Gasteiger partial charge on any atom is 0.415 e. The molecule has 0 unspecified atom stereocenters. The van der Waals surface area contributed by atoms with Crippen LogP contribution in [0.4, 0.5) is 0 Å². The van der Waals surface area contributed by atoms with Gasteiger partial charge in [-0.25, -0.2) is 9.59 Å². The fourth-order valence-electron chi connectivity index (χ4n) is 0.277. The Hall–Kier alpha value is -1.10. The normalized spacial score (nSPS) is 9.30. The van der Waals surface area contributed by atoms with Gasteiger partial charge in [0.1, 0.15) is 0 Å². The molecule has 0 aromatic carbocycles. The van der Waals surface area contributed by atoms with E-state index >= 15 is 0 Å². The van der Waals surface area contributed by atoms with Crippen LogP contribution in [-0.4, -0.2) is 28.8 Å². The minimum Gasteiger partial charge on any atom is -0.513 e. The van der Waals surface area contributed by atoms with Crippen LogP contribution in [0.15, 0.2) is 12.3 Å². The van der Waals surface area contributed by atoms with E-state index in [1.54, 1.807) is 0 Å². The summed E-state index contributed by atoms with van der Waals surface area (Å²) in [6.07, 6.45) is 0. The van der Waals surface area contributed by atoms with Crippen LogP contribution in [0.25, 0.3) is 0 Å². The van der Waals surface area contributed by atoms with Crippen molar-refractivity contribution in [1.29, 1.82) is 0 Å². The highest BCUT2D eigenvalue weighted by atomic mass is 28.2. The maximum absolute atomic E-state index is 10.4. The number of ether oxygens (including phenoxy) is 1. The lowest BCUT2D eigenvalue weighted by Crippen LogP contribution is -2.19. The third-order valence-electron chi connectivity index (χ3n) is 0.684. The first-order valence-electron chi connectivity index (χ1n) is 2.58. The summed E-state index contributed by atoms with van der Waals surface area (Å²) in [5.74, 6) is -1.90. The first-order valence-corrected chi connectivity index (χ1v) is 3.97. The van der Waals surface area contributed by atoms with Crippen molar-refractivity contribution >= 4 is 21.7 Å². The monoisotopic (exact) mass is 160 g/mol. The van der Waals surface area contributed by atoms with Crippen molar-refractivity contribution in [2.75, 3.05) is 7.11 Å². The predicted octanol–water partition coefficient (Wildman–Crippen LogP) is -1.07. The van der Waals surface area contributed by atoms with Crippen LogP contribution < -0.4 is 0 Å². The second-order valence-corrected chi connectivity index (χ2v) is 2.58. The number of carbonyl (C=O) groups is 2. The molecule has 0 aromatic rings. The fraction of sp³-hybridized carbons (Fsp3) is 0.200. The molecule has 0 aromatic heterocycles. The molecule has 0 aliphatic rings. The first kappa shape index (κ1) is 8.90. The number of carbonyl (C=O) groups excluding carboxylic acids is 2. The second kappa shape index (κ2) is 4.75. The lowest BCUT2D eigenvalue weighted by Gasteiger charge is -1.97. The van der Waals surface area contributed by atoms with Crippen molar-refractivity contribution in [2.45, 2.75) is 0 Å². The van der Waals surface area contributed by atoms with Gasteiger partial charge < -0.3 is 9.16 Å². The Morgan fingerprint density at radius 1 is 1.50 bits per heavy atom. The summed E-state index contributed by atoms with van der Waals surface area (Å²) in [6.45, 7) is 3.35. The third-order valence-corrected chi connectivity index (χ3v) is 1.35. The molecule has 0 saturated heterocycles. The van der Waals surface area contributed by atoms with E-state index in [4.69, 9.17) is 0 Å². The minimum atomic E-state index is -1.06. The largest absolute Gasteiger partial charge is 0.513 e. The number of methoxy groups -OCH3 is 1. The number of esters is 1. The van der Waals surface area contributed by atoms with E-state index < -0.39 is 21.7 Å². The van der Waals surface area contributed by atoms with Crippen LogP contribution in [0.1, 0.15) is 0 Å². The summed E-state index contributed by atoms with van der Waals surface area (Å²) >= 11 is 0. The maximum atomic E-state index is 10.4. The Balaban J connectivity index is 3.62. The molecule has 0 bridgehead atoms. The molecule has 0 aliphatic carbocycles. The molecular formula is C5H8O4Si. The summed E-state index contributed by atoms with van der Waals surface area (Å²) in [4.78, 5) is 20.7. The second-order valence-electron chi connectivity index (χ2n) is 1.38. The van der Waals surface area contributed by atoms with Gasteiger partial charge in [-0.2, -0.15) is 0 Å². The Bertz CT molecular complexity index is 154. The highest BCUT2D eigenvalue weighted by molar-refractivity contribution is 6.43. The van der Waals surface area contributed by atoms with Crippen molar-refractivity contribution in [3.8, 4) is 0 Å². The van der Waals surface area contributed by atoms with E-state index in [1.165, 1.54) is 5.70 Å². The fourth-order valence-corrected chi connectivity index (χ4v) is 0.664. The van der Waals surface area contributed by atoms with Crippen molar-refractivity contribution in [1.82, 2.24) is 0 Å². The van der Waals surface area contributed by atoms with Gasteiger partial charge in [0.25, 0.3) is 0 Å². The van der Waals surface area contributed by atoms with Gasteiger partial charge in [-0.05, 0) is 0 Å². The quantitative estimate of drug-likeness (QED) is 0.293. The molecule has 56 valence electrons. The summed E-state index contributed by atoms with van der Waals surface area (Å²) in [5, 5.41) is 0. The minimum absolute atomic E-state index is 0.936. The molecule has 0 fully saturated rings. The van der Waals surface area contributed by atoms with Gasteiger partial charge in [0, 0.05) is 0 Å². The van der Waals surface area contributed by atoms with Crippen LogP contribution in [0, 0.1) is 0 Å². The summed E-state index contributed by atoms with van der Waals surface area (Å²) in [6, 6.07) is 0. The van der Waals surface area contributed by atoms with Gasteiger partial charge in [0.15, 0.2) is 0 Å². The van der Waals surface area contributed by atoms with Gasteiger partial charge in [-0.15, -0.1) is 6.58 Å². The highest BCUT2D eigenvalue weighted by Gasteiger charge is 2.13. The Kier molecular flexibility index (Phi) is 4.22. The SMILES string of the molecule is C=C[SiH2]OC(=O)C(=O)OC. The van der Waals surface area contributed by atoms with Gasteiger partial charge in [-0.3, -0.25) is 0 Å². The zero-order valence-electron chi connectivity index (χ0n) is 5.62. The molecule has 5 heteroatoms. The zero-order valence-corrected chi connectivity index (χ0v) is 7.04. The standard InChI is InChI=1S/C5H8O4Si/c1-3-10-9-5(7)4(6)8-2/h3H,1,10H2,2H3. The molecule has 0 aliphatic heterocycles.